The van der Waals surface area contributed by atoms with Gasteiger partial charge in [0.05, 0.1) is 6.54 Å². The maximum absolute atomic E-state index is 3.46. The standard InChI is InChI=1S/C10H17N/c1-3-5-8-11-10(4-2)9-6-7-9/h9-11H,4,6-8H2,1-2H3. The Labute approximate surface area is 69.6 Å². The summed E-state index contributed by atoms with van der Waals surface area (Å²) in [6.07, 6.45) is 4.09. The largest absolute Gasteiger partial charge is 0.303 e. The molecule has 1 atom stereocenters. The van der Waals surface area contributed by atoms with E-state index in [0.29, 0.717) is 0 Å². The SMILES string of the molecule is CC#CCNC(CC)C1CC1. The molecule has 0 bridgehead atoms. The van der Waals surface area contributed by atoms with Crippen LogP contribution in [0.4, 0.5) is 0 Å². The summed E-state index contributed by atoms with van der Waals surface area (Å²) in [5, 5.41) is 3.46. The summed E-state index contributed by atoms with van der Waals surface area (Å²) in [6.45, 7) is 5.00. The van der Waals surface area contributed by atoms with E-state index in [4.69, 9.17) is 0 Å². The first-order chi connectivity index (χ1) is 5.38. The van der Waals surface area contributed by atoms with Gasteiger partial charge in [0, 0.05) is 6.04 Å². The Hall–Kier alpha value is -0.480. The highest BCUT2D eigenvalue weighted by Crippen LogP contribution is 2.33. The van der Waals surface area contributed by atoms with Crippen LogP contribution in [0, 0.1) is 17.8 Å². The maximum atomic E-state index is 3.46. The zero-order valence-corrected chi connectivity index (χ0v) is 7.48. The van der Waals surface area contributed by atoms with Gasteiger partial charge in [-0.2, -0.15) is 0 Å². The van der Waals surface area contributed by atoms with Gasteiger partial charge in [-0.25, -0.2) is 0 Å². The quantitative estimate of drug-likeness (QED) is 0.604. The highest BCUT2D eigenvalue weighted by Gasteiger charge is 2.28. The first kappa shape index (κ1) is 8.62. The second-order valence-corrected chi connectivity index (χ2v) is 3.16. The summed E-state index contributed by atoms with van der Waals surface area (Å²) in [6, 6.07) is 0.732. The second kappa shape index (κ2) is 4.41. The smallest absolute Gasteiger partial charge is 0.0578 e. The topological polar surface area (TPSA) is 12.0 Å². The van der Waals surface area contributed by atoms with Gasteiger partial charge in [-0.05, 0) is 32.1 Å². The number of hydrogen-bond donors (Lipinski definition) is 1. The van der Waals surface area contributed by atoms with Crippen LogP contribution >= 0.6 is 0 Å². The van der Waals surface area contributed by atoms with Crippen LogP contribution < -0.4 is 5.32 Å². The van der Waals surface area contributed by atoms with Crippen LogP contribution in [0.5, 0.6) is 0 Å². The fourth-order valence-electron chi connectivity index (χ4n) is 1.41. The molecule has 1 rings (SSSR count). The third-order valence-electron chi connectivity index (χ3n) is 2.26. The van der Waals surface area contributed by atoms with Crippen LogP contribution in [0.1, 0.15) is 33.1 Å². The molecule has 0 aliphatic heterocycles. The van der Waals surface area contributed by atoms with Crippen LogP contribution in [-0.4, -0.2) is 12.6 Å². The summed E-state index contributed by atoms with van der Waals surface area (Å²) < 4.78 is 0. The highest BCUT2D eigenvalue weighted by atomic mass is 14.9. The molecule has 1 heteroatoms. The molecule has 0 spiro atoms. The van der Waals surface area contributed by atoms with E-state index >= 15 is 0 Å². The Morgan fingerprint density at radius 3 is 2.73 bits per heavy atom. The first-order valence-electron chi connectivity index (χ1n) is 4.51. The molecule has 0 radical (unpaired) electrons. The Balaban J connectivity index is 2.13. The Kier molecular flexibility index (Phi) is 3.45. The van der Waals surface area contributed by atoms with Gasteiger partial charge >= 0.3 is 0 Å². The molecule has 0 heterocycles. The molecule has 1 nitrogen and oxygen atoms in total. The summed E-state index contributed by atoms with van der Waals surface area (Å²) in [4.78, 5) is 0. The minimum Gasteiger partial charge on any atom is -0.303 e. The Morgan fingerprint density at radius 2 is 2.27 bits per heavy atom. The molecule has 1 saturated carbocycles. The number of nitrogens with one attached hydrogen (secondary N) is 1. The van der Waals surface area contributed by atoms with Crippen LogP contribution in [0.25, 0.3) is 0 Å². The van der Waals surface area contributed by atoms with Gasteiger partial charge in [-0.1, -0.05) is 12.8 Å². The van der Waals surface area contributed by atoms with E-state index in [1.165, 1.54) is 19.3 Å². The summed E-state index contributed by atoms with van der Waals surface area (Å²) in [7, 11) is 0. The van der Waals surface area contributed by atoms with Gasteiger partial charge < -0.3 is 5.32 Å². The van der Waals surface area contributed by atoms with Gasteiger partial charge in [-0.15, -0.1) is 5.92 Å². The molecule has 0 aromatic carbocycles. The molecule has 0 aromatic heterocycles. The molecule has 0 amide bonds. The molecule has 1 unspecified atom stereocenters. The van der Waals surface area contributed by atoms with Crippen molar-refractivity contribution < 1.29 is 0 Å². The average Bonchev–Trinajstić information content (AvgIpc) is 2.81. The predicted octanol–water partition coefficient (Wildman–Crippen LogP) is 1.79. The van der Waals surface area contributed by atoms with E-state index in [1.54, 1.807) is 0 Å². The molecule has 11 heavy (non-hydrogen) atoms. The Bertz CT molecular complexity index is 159. The third kappa shape index (κ3) is 2.95. The van der Waals surface area contributed by atoms with Crippen molar-refractivity contribution in [3.63, 3.8) is 0 Å². The first-order valence-corrected chi connectivity index (χ1v) is 4.51. The van der Waals surface area contributed by atoms with E-state index in [1.807, 2.05) is 6.92 Å². The molecule has 62 valence electrons. The van der Waals surface area contributed by atoms with E-state index in [2.05, 4.69) is 24.1 Å². The van der Waals surface area contributed by atoms with Gasteiger partial charge in [0.25, 0.3) is 0 Å². The lowest BCUT2D eigenvalue weighted by Gasteiger charge is -2.13. The zero-order valence-electron chi connectivity index (χ0n) is 7.48. The van der Waals surface area contributed by atoms with Gasteiger partial charge in [-0.3, -0.25) is 0 Å². The molecular formula is C10H17N. The van der Waals surface area contributed by atoms with Crippen molar-refractivity contribution in [3.8, 4) is 11.8 Å². The molecule has 1 aliphatic rings. The van der Waals surface area contributed by atoms with Crippen molar-refractivity contribution in [1.82, 2.24) is 5.32 Å². The lowest BCUT2D eigenvalue weighted by atomic mass is 10.1. The fourth-order valence-corrected chi connectivity index (χ4v) is 1.41. The number of hydrogen-bond acceptors (Lipinski definition) is 1. The number of rotatable bonds is 4. The van der Waals surface area contributed by atoms with Gasteiger partial charge in [0.15, 0.2) is 0 Å². The summed E-state index contributed by atoms with van der Waals surface area (Å²) in [5.74, 6) is 6.89. The zero-order chi connectivity index (χ0) is 8.10. The second-order valence-electron chi connectivity index (χ2n) is 3.16. The van der Waals surface area contributed by atoms with Crippen LogP contribution in [0.15, 0.2) is 0 Å². The predicted molar refractivity (Wildman–Crippen MR) is 48.3 cm³/mol. The normalized spacial score (nSPS) is 18.7. The van der Waals surface area contributed by atoms with Crippen molar-refractivity contribution in [2.24, 2.45) is 5.92 Å². The molecule has 0 saturated heterocycles. The summed E-state index contributed by atoms with van der Waals surface area (Å²) >= 11 is 0. The van der Waals surface area contributed by atoms with Crippen molar-refractivity contribution >= 4 is 0 Å². The Morgan fingerprint density at radius 1 is 1.55 bits per heavy atom. The molecule has 1 aliphatic carbocycles. The maximum Gasteiger partial charge on any atom is 0.0578 e. The van der Waals surface area contributed by atoms with Crippen LogP contribution in [0.3, 0.4) is 0 Å². The van der Waals surface area contributed by atoms with Gasteiger partial charge in [0.2, 0.25) is 0 Å². The van der Waals surface area contributed by atoms with E-state index in [0.717, 1.165) is 18.5 Å². The van der Waals surface area contributed by atoms with E-state index in [9.17, 15) is 0 Å². The van der Waals surface area contributed by atoms with E-state index in [-0.39, 0.29) is 0 Å². The lowest BCUT2D eigenvalue weighted by molar-refractivity contribution is 0.474. The minimum atomic E-state index is 0.732. The fraction of sp³-hybridized carbons (Fsp3) is 0.800. The van der Waals surface area contributed by atoms with Crippen molar-refractivity contribution in [1.29, 1.82) is 0 Å². The van der Waals surface area contributed by atoms with Crippen molar-refractivity contribution in [2.75, 3.05) is 6.54 Å². The average molecular weight is 151 g/mol. The minimum absolute atomic E-state index is 0.732. The van der Waals surface area contributed by atoms with Crippen molar-refractivity contribution in [3.05, 3.63) is 0 Å². The molecule has 1 N–H and O–H groups in total. The summed E-state index contributed by atoms with van der Waals surface area (Å²) in [5.41, 5.74) is 0. The van der Waals surface area contributed by atoms with Crippen molar-refractivity contribution in [2.45, 2.75) is 39.2 Å². The molecule has 0 aromatic rings. The monoisotopic (exact) mass is 151 g/mol. The molecular weight excluding hydrogens is 134 g/mol. The highest BCUT2D eigenvalue weighted by molar-refractivity contribution is 4.98. The van der Waals surface area contributed by atoms with E-state index < -0.39 is 0 Å². The third-order valence-corrected chi connectivity index (χ3v) is 2.26. The van der Waals surface area contributed by atoms with Crippen LogP contribution in [0.2, 0.25) is 0 Å². The van der Waals surface area contributed by atoms with Crippen LogP contribution in [-0.2, 0) is 0 Å². The van der Waals surface area contributed by atoms with Gasteiger partial charge in [0.1, 0.15) is 0 Å². The molecule has 1 fully saturated rings. The lowest BCUT2D eigenvalue weighted by Crippen LogP contribution is -2.30.